The van der Waals surface area contributed by atoms with Gasteiger partial charge in [0.25, 0.3) is 11.8 Å². The van der Waals surface area contributed by atoms with Gasteiger partial charge in [-0.2, -0.15) is 0 Å². The maximum absolute atomic E-state index is 12.1. The predicted octanol–water partition coefficient (Wildman–Crippen LogP) is 2.44. The molecule has 0 fully saturated rings. The average molecular weight is 353 g/mol. The van der Waals surface area contributed by atoms with Crippen molar-refractivity contribution >= 4 is 50.8 Å². The molecule has 0 radical (unpaired) electrons. The first-order valence-corrected chi connectivity index (χ1v) is 7.84. The minimum atomic E-state index is -0.663. The maximum Gasteiger partial charge on any atom is 0.330 e. The normalized spacial score (nSPS) is 10.7. The van der Waals surface area contributed by atoms with Crippen molar-refractivity contribution in [3.05, 3.63) is 46.3 Å². The molecule has 2 aromatic rings. The first-order chi connectivity index (χ1) is 11.0. The predicted molar refractivity (Wildman–Crippen MR) is 88.2 cm³/mol. The van der Waals surface area contributed by atoms with Crippen molar-refractivity contribution in [2.24, 2.45) is 0 Å². The molecule has 120 valence electrons. The molecule has 0 aliphatic heterocycles. The molecular formula is C15H13ClN2O4S. The van der Waals surface area contributed by atoms with E-state index >= 15 is 0 Å². The molecule has 0 aliphatic rings. The Morgan fingerprint density at radius 3 is 2.65 bits per heavy atom. The van der Waals surface area contributed by atoms with E-state index in [-0.39, 0.29) is 6.61 Å². The van der Waals surface area contributed by atoms with E-state index in [1.807, 2.05) is 24.3 Å². The topological polar surface area (TPSA) is 84.5 Å². The summed E-state index contributed by atoms with van der Waals surface area (Å²) in [5, 5.41) is 1.11. The Morgan fingerprint density at radius 2 is 1.96 bits per heavy atom. The lowest BCUT2D eigenvalue weighted by atomic mass is 10.2. The number of halogens is 1. The van der Waals surface area contributed by atoms with Crippen LogP contribution in [0.4, 0.5) is 0 Å². The quantitative estimate of drug-likeness (QED) is 0.503. The molecule has 1 aromatic heterocycles. The third-order valence-electron chi connectivity index (χ3n) is 2.70. The number of carbonyl (C=O) groups excluding carboxylic acids is 3. The minimum absolute atomic E-state index is 0.214. The number of esters is 1. The summed E-state index contributed by atoms with van der Waals surface area (Å²) in [6.07, 6.45) is 1.93. The van der Waals surface area contributed by atoms with Gasteiger partial charge in [0, 0.05) is 22.2 Å². The summed E-state index contributed by atoms with van der Waals surface area (Å²) < 4.78 is 5.50. The zero-order valence-corrected chi connectivity index (χ0v) is 13.7. The third-order valence-corrected chi connectivity index (χ3v) is 4.37. The molecule has 1 heterocycles. The fourth-order valence-corrected chi connectivity index (χ4v) is 3.12. The van der Waals surface area contributed by atoms with Crippen molar-refractivity contribution in [3.8, 4) is 0 Å². The second kappa shape index (κ2) is 7.75. The molecule has 2 rings (SSSR count). The second-order valence-electron chi connectivity index (χ2n) is 4.27. The van der Waals surface area contributed by atoms with Crippen LogP contribution < -0.4 is 10.9 Å². The Bertz CT molecular complexity index is 785. The molecule has 8 heteroatoms. The smallest absolute Gasteiger partial charge is 0.330 e. The molecule has 0 saturated carbocycles. The van der Waals surface area contributed by atoms with E-state index < -0.39 is 17.8 Å². The van der Waals surface area contributed by atoms with Crippen LogP contribution in [0.5, 0.6) is 0 Å². The first kappa shape index (κ1) is 17.0. The van der Waals surface area contributed by atoms with E-state index in [4.69, 9.17) is 11.6 Å². The summed E-state index contributed by atoms with van der Waals surface area (Å²) in [7, 11) is 0. The van der Waals surface area contributed by atoms with Crippen molar-refractivity contribution in [3.63, 3.8) is 0 Å². The summed E-state index contributed by atoms with van der Waals surface area (Å²) in [6, 6.07) is 7.33. The van der Waals surface area contributed by atoms with Crippen LogP contribution in [0.2, 0.25) is 5.02 Å². The molecular weight excluding hydrogens is 340 g/mol. The molecule has 0 aliphatic carbocycles. The SMILES string of the molecule is CCOC(=O)/C=C\C(=O)NNC(=O)c1sc2ccccc2c1Cl. The van der Waals surface area contributed by atoms with Gasteiger partial charge in [-0.1, -0.05) is 29.8 Å². The number of hydrogen-bond acceptors (Lipinski definition) is 5. The number of thiophene rings is 1. The van der Waals surface area contributed by atoms with Crippen molar-refractivity contribution in [2.75, 3.05) is 6.61 Å². The lowest BCUT2D eigenvalue weighted by Gasteiger charge is -2.03. The van der Waals surface area contributed by atoms with E-state index in [0.29, 0.717) is 9.90 Å². The zero-order chi connectivity index (χ0) is 16.8. The molecule has 0 unspecified atom stereocenters. The van der Waals surface area contributed by atoms with Gasteiger partial charge in [0.2, 0.25) is 0 Å². The molecule has 0 bridgehead atoms. The van der Waals surface area contributed by atoms with Gasteiger partial charge in [-0.05, 0) is 13.0 Å². The minimum Gasteiger partial charge on any atom is -0.463 e. The highest BCUT2D eigenvalue weighted by Gasteiger charge is 2.16. The Balaban J connectivity index is 1.97. The monoisotopic (exact) mass is 352 g/mol. The molecule has 23 heavy (non-hydrogen) atoms. The van der Waals surface area contributed by atoms with Gasteiger partial charge in [0.1, 0.15) is 4.88 Å². The Hall–Kier alpha value is -2.38. The summed E-state index contributed by atoms with van der Waals surface area (Å²) in [6.45, 7) is 1.87. The van der Waals surface area contributed by atoms with Gasteiger partial charge in [-0.25, -0.2) is 4.79 Å². The number of benzene rings is 1. The first-order valence-electron chi connectivity index (χ1n) is 6.65. The second-order valence-corrected chi connectivity index (χ2v) is 5.70. The van der Waals surface area contributed by atoms with Crippen LogP contribution in [-0.4, -0.2) is 24.4 Å². The van der Waals surface area contributed by atoms with Crippen molar-refractivity contribution in [1.29, 1.82) is 0 Å². The van der Waals surface area contributed by atoms with Crippen molar-refractivity contribution in [2.45, 2.75) is 6.92 Å². The van der Waals surface area contributed by atoms with Crippen molar-refractivity contribution < 1.29 is 19.1 Å². The highest BCUT2D eigenvalue weighted by Crippen LogP contribution is 2.34. The molecule has 1 aromatic carbocycles. The van der Waals surface area contributed by atoms with Gasteiger partial charge >= 0.3 is 5.97 Å². The fraction of sp³-hybridized carbons (Fsp3) is 0.133. The lowest BCUT2D eigenvalue weighted by Crippen LogP contribution is -2.40. The average Bonchev–Trinajstić information content (AvgIpc) is 2.88. The standard InChI is InChI=1S/C15H13ClN2O4S/c1-2-22-12(20)8-7-11(19)17-18-15(21)14-13(16)9-5-3-4-6-10(9)23-14/h3-8H,2H2,1H3,(H,17,19)(H,18,21)/b8-7-. The number of hydrogen-bond donors (Lipinski definition) is 2. The number of amides is 2. The zero-order valence-electron chi connectivity index (χ0n) is 12.1. The van der Waals surface area contributed by atoms with Crippen LogP contribution in [0.25, 0.3) is 10.1 Å². The van der Waals surface area contributed by atoms with Gasteiger partial charge in [0.05, 0.1) is 11.6 Å². The Kier molecular flexibility index (Phi) is 5.72. The van der Waals surface area contributed by atoms with E-state index in [1.54, 1.807) is 6.92 Å². The number of hydrazine groups is 1. The highest BCUT2D eigenvalue weighted by atomic mass is 35.5. The third kappa shape index (κ3) is 4.30. The number of ether oxygens (including phenoxy) is 1. The maximum atomic E-state index is 12.1. The van der Waals surface area contributed by atoms with E-state index in [1.165, 1.54) is 11.3 Å². The number of fused-ring (bicyclic) bond motifs is 1. The van der Waals surface area contributed by atoms with Crippen LogP contribution >= 0.6 is 22.9 Å². The summed E-state index contributed by atoms with van der Waals surface area (Å²) in [4.78, 5) is 34.9. The molecule has 0 saturated heterocycles. The number of nitrogens with one attached hydrogen (secondary N) is 2. The van der Waals surface area contributed by atoms with E-state index in [0.717, 1.165) is 22.2 Å². The summed E-state index contributed by atoms with van der Waals surface area (Å²) >= 11 is 7.39. The van der Waals surface area contributed by atoms with Crippen molar-refractivity contribution in [1.82, 2.24) is 10.9 Å². The number of rotatable bonds is 4. The van der Waals surface area contributed by atoms with Gasteiger partial charge in [-0.15, -0.1) is 11.3 Å². The van der Waals surface area contributed by atoms with Gasteiger partial charge in [-0.3, -0.25) is 20.4 Å². The Labute approximate surface area is 141 Å². The molecule has 0 spiro atoms. The molecule has 2 N–H and O–H groups in total. The Morgan fingerprint density at radius 1 is 1.22 bits per heavy atom. The largest absolute Gasteiger partial charge is 0.463 e. The van der Waals surface area contributed by atoms with Crippen LogP contribution in [0, 0.1) is 0 Å². The van der Waals surface area contributed by atoms with Gasteiger partial charge in [0.15, 0.2) is 0 Å². The highest BCUT2D eigenvalue weighted by molar-refractivity contribution is 7.21. The lowest BCUT2D eigenvalue weighted by molar-refractivity contribution is -0.137. The fourth-order valence-electron chi connectivity index (χ4n) is 1.71. The molecule has 0 atom stereocenters. The van der Waals surface area contributed by atoms with E-state index in [2.05, 4.69) is 15.6 Å². The van der Waals surface area contributed by atoms with Crippen LogP contribution in [0.3, 0.4) is 0 Å². The summed E-state index contributed by atoms with van der Waals surface area (Å²) in [5.41, 5.74) is 4.41. The van der Waals surface area contributed by atoms with Crippen LogP contribution in [-0.2, 0) is 14.3 Å². The van der Waals surface area contributed by atoms with E-state index in [9.17, 15) is 14.4 Å². The van der Waals surface area contributed by atoms with Crippen LogP contribution in [0.1, 0.15) is 16.6 Å². The summed E-state index contributed by atoms with van der Waals surface area (Å²) in [5.74, 6) is -1.83. The molecule has 6 nitrogen and oxygen atoms in total. The molecule has 2 amide bonds. The van der Waals surface area contributed by atoms with Gasteiger partial charge < -0.3 is 4.74 Å². The van der Waals surface area contributed by atoms with Crippen LogP contribution in [0.15, 0.2) is 36.4 Å². The number of carbonyl (C=O) groups is 3.